The monoisotopic (exact) mass is 372 g/mol. The van der Waals surface area contributed by atoms with Gasteiger partial charge in [-0.25, -0.2) is 0 Å². The third-order valence-corrected chi connectivity index (χ3v) is 4.60. The van der Waals surface area contributed by atoms with E-state index in [2.05, 4.69) is 0 Å². The fourth-order valence-electron chi connectivity index (χ4n) is 2.08. The quantitative estimate of drug-likeness (QED) is 0.561. The van der Waals surface area contributed by atoms with E-state index in [0.29, 0.717) is 26.9 Å². The summed E-state index contributed by atoms with van der Waals surface area (Å²) < 4.78 is 0. The van der Waals surface area contributed by atoms with Crippen LogP contribution in [0.3, 0.4) is 0 Å². The van der Waals surface area contributed by atoms with E-state index in [1.807, 2.05) is 30.3 Å². The van der Waals surface area contributed by atoms with Gasteiger partial charge in [0.2, 0.25) is 0 Å². The van der Waals surface area contributed by atoms with Crippen LogP contribution in [0.2, 0.25) is 10.0 Å². The number of hydrogen-bond donors (Lipinski definition) is 0. The fraction of sp³-hybridized carbons (Fsp3) is 0. The van der Waals surface area contributed by atoms with Crippen molar-refractivity contribution < 1.29 is 9.78 Å². The Balaban J connectivity index is 2.29. The molecule has 1 heterocycles. The van der Waals surface area contributed by atoms with Crippen molar-refractivity contribution in [2.24, 2.45) is 0 Å². The van der Waals surface area contributed by atoms with Gasteiger partial charge in [0.15, 0.2) is 5.76 Å². The molecule has 0 atom stereocenters. The van der Waals surface area contributed by atoms with E-state index in [-0.39, 0.29) is 10.3 Å². The summed E-state index contributed by atoms with van der Waals surface area (Å²) in [7, 11) is 0. The maximum atomic E-state index is 6.31. The van der Waals surface area contributed by atoms with Gasteiger partial charge in [-0.05, 0) is 29.3 Å². The number of rotatable bonds is 2. The van der Waals surface area contributed by atoms with E-state index in [1.165, 1.54) is 0 Å². The van der Waals surface area contributed by atoms with E-state index in [0.717, 1.165) is 5.56 Å². The number of halogens is 4. The van der Waals surface area contributed by atoms with E-state index in [1.54, 1.807) is 18.2 Å². The second-order valence-electron chi connectivity index (χ2n) is 4.43. The molecule has 0 saturated heterocycles. The van der Waals surface area contributed by atoms with Gasteiger partial charge in [0.1, 0.15) is 5.03 Å². The Bertz CT molecular complexity index is 782. The van der Waals surface area contributed by atoms with Gasteiger partial charge in [0.05, 0.1) is 15.6 Å². The zero-order chi connectivity index (χ0) is 15.7. The molecule has 0 spiro atoms. The first-order valence-corrected chi connectivity index (χ1v) is 7.75. The van der Waals surface area contributed by atoms with Crippen molar-refractivity contribution in [2.75, 3.05) is 0 Å². The van der Waals surface area contributed by atoms with Crippen LogP contribution in [0.1, 0.15) is 11.1 Å². The van der Waals surface area contributed by atoms with Crippen molar-refractivity contribution in [3.05, 3.63) is 80.0 Å². The molecule has 2 nitrogen and oxygen atoms in total. The van der Waals surface area contributed by atoms with Gasteiger partial charge in [-0.3, -0.25) is 9.78 Å². The second kappa shape index (κ2) is 6.43. The largest absolute Gasteiger partial charge is 0.288 e. The van der Waals surface area contributed by atoms with Gasteiger partial charge in [0, 0.05) is 5.56 Å². The maximum Gasteiger partial charge on any atom is 0.264 e. The summed E-state index contributed by atoms with van der Waals surface area (Å²) in [6.07, 6.45) is 0. The van der Waals surface area contributed by atoms with Gasteiger partial charge in [-0.2, -0.15) is 0 Å². The number of benzene rings is 2. The van der Waals surface area contributed by atoms with Crippen LogP contribution in [0.15, 0.2) is 58.8 Å². The molecule has 0 bridgehead atoms. The molecule has 0 amide bonds. The Kier molecular flexibility index (Phi) is 4.55. The van der Waals surface area contributed by atoms with Crippen LogP contribution in [-0.2, 0) is 9.78 Å². The molecule has 0 unspecified atom stereocenters. The summed E-state index contributed by atoms with van der Waals surface area (Å²) >= 11 is 24.6. The molecule has 0 radical (unpaired) electrons. The van der Waals surface area contributed by atoms with Crippen LogP contribution in [0, 0.1) is 0 Å². The molecule has 2 aromatic carbocycles. The average molecular weight is 374 g/mol. The van der Waals surface area contributed by atoms with Gasteiger partial charge in [-0.15, -0.1) is 0 Å². The molecule has 0 fully saturated rings. The Morgan fingerprint density at radius 3 is 2.18 bits per heavy atom. The second-order valence-corrected chi connectivity index (χ2v) is 5.93. The molecule has 1 aliphatic rings. The highest BCUT2D eigenvalue weighted by Gasteiger charge is 2.27. The predicted octanol–water partition coefficient (Wildman–Crippen LogP) is 6.47. The topological polar surface area (TPSA) is 18.5 Å². The molecule has 0 aliphatic carbocycles. The van der Waals surface area contributed by atoms with Crippen molar-refractivity contribution in [1.82, 2.24) is 0 Å². The minimum absolute atomic E-state index is 0.0394. The highest BCUT2D eigenvalue weighted by molar-refractivity contribution is 6.46. The minimum Gasteiger partial charge on any atom is -0.288 e. The molecular weight excluding hydrogens is 366 g/mol. The minimum atomic E-state index is -0.0394. The van der Waals surface area contributed by atoms with Crippen LogP contribution in [0.5, 0.6) is 0 Å². The average Bonchev–Trinajstić information content (AvgIpc) is 2.53. The van der Waals surface area contributed by atoms with Gasteiger partial charge < -0.3 is 0 Å². The van der Waals surface area contributed by atoms with Crippen molar-refractivity contribution in [3.8, 4) is 0 Å². The van der Waals surface area contributed by atoms with Crippen molar-refractivity contribution >= 4 is 57.7 Å². The lowest BCUT2D eigenvalue weighted by atomic mass is 10.0. The third-order valence-electron chi connectivity index (χ3n) is 3.08. The summed E-state index contributed by atoms with van der Waals surface area (Å²) in [5.74, 6) is 0.355. The van der Waals surface area contributed by atoms with E-state index in [4.69, 9.17) is 56.2 Å². The Morgan fingerprint density at radius 2 is 1.45 bits per heavy atom. The lowest BCUT2D eigenvalue weighted by Gasteiger charge is -2.21. The van der Waals surface area contributed by atoms with Crippen LogP contribution in [0.4, 0.5) is 0 Å². The standard InChI is InChI=1S/C16H8Cl4O2/c17-11-8-4-7-10(13(11)18)15-12(9-5-2-1-3-6-9)14(19)16(20)22-21-15/h1-8H. The lowest BCUT2D eigenvalue weighted by molar-refractivity contribution is -0.188. The molecule has 1 aliphatic heterocycles. The number of allylic oxidation sites excluding steroid dienone is 2. The highest BCUT2D eigenvalue weighted by Crippen LogP contribution is 2.44. The summed E-state index contributed by atoms with van der Waals surface area (Å²) in [4.78, 5) is 10.3. The Hall–Kier alpha value is -1.32. The third kappa shape index (κ3) is 2.80. The molecule has 2 aromatic rings. The van der Waals surface area contributed by atoms with E-state index in [9.17, 15) is 0 Å². The molecule has 22 heavy (non-hydrogen) atoms. The Morgan fingerprint density at radius 1 is 0.727 bits per heavy atom. The van der Waals surface area contributed by atoms with Crippen molar-refractivity contribution in [3.63, 3.8) is 0 Å². The summed E-state index contributed by atoms with van der Waals surface area (Å²) in [6.45, 7) is 0. The molecule has 112 valence electrons. The Labute approximate surface area is 147 Å². The predicted molar refractivity (Wildman–Crippen MR) is 90.6 cm³/mol. The SMILES string of the molecule is ClC1=C(Cl)C(c2ccccc2)=C(c2cccc(Cl)c2Cl)OO1. The summed E-state index contributed by atoms with van der Waals surface area (Å²) in [5, 5.41) is 0.950. The smallest absolute Gasteiger partial charge is 0.264 e. The van der Waals surface area contributed by atoms with E-state index >= 15 is 0 Å². The fourth-order valence-corrected chi connectivity index (χ4v) is 2.81. The maximum absolute atomic E-state index is 6.31. The summed E-state index contributed by atoms with van der Waals surface area (Å²) in [5.41, 5.74) is 1.97. The van der Waals surface area contributed by atoms with Gasteiger partial charge >= 0.3 is 0 Å². The molecule has 0 aromatic heterocycles. The van der Waals surface area contributed by atoms with Crippen LogP contribution in [-0.4, -0.2) is 0 Å². The molecule has 6 heteroatoms. The highest BCUT2D eigenvalue weighted by atomic mass is 35.5. The molecule has 3 rings (SSSR count). The first kappa shape index (κ1) is 15.6. The van der Waals surface area contributed by atoms with Gasteiger partial charge in [0.25, 0.3) is 5.22 Å². The van der Waals surface area contributed by atoms with Crippen molar-refractivity contribution in [2.45, 2.75) is 0 Å². The zero-order valence-corrected chi connectivity index (χ0v) is 14.0. The summed E-state index contributed by atoms with van der Waals surface area (Å²) in [6, 6.07) is 14.6. The molecule has 0 saturated carbocycles. The van der Waals surface area contributed by atoms with Crippen LogP contribution >= 0.6 is 46.4 Å². The van der Waals surface area contributed by atoms with Crippen LogP contribution < -0.4 is 0 Å². The van der Waals surface area contributed by atoms with E-state index < -0.39 is 0 Å². The first-order chi connectivity index (χ1) is 10.6. The number of hydrogen-bond acceptors (Lipinski definition) is 2. The zero-order valence-electron chi connectivity index (χ0n) is 10.9. The van der Waals surface area contributed by atoms with Crippen LogP contribution in [0.25, 0.3) is 11.3 Å². The van der Waals surface area contributed by atoms with Crippen molar-refractivity contribution in [1.29, 1.82) is 0 Å². The van der Waals surface area contributed by atoms with Gasteiger partial charge in [-0.1, -0.05) is 71.2 Å². The normalized spacial score (nSPS) is 14.7. The first-order valence-electron chi connectivity index (χ1n) is 6.24. The molecular formula is C16H8Cl4O2. The molecule has 0 N–H and O–H groups in total. The lowest BCUT2D eigenvalue weighted by Crippen LogP contribution is -2.05.